The minimum Gasteiger partial charge on any atom is -0.497 e. The van der Waals surface area contributed by atoms with Gasteiger partial charge < -0.3 is 4.74 Å². The third kappa shape index (κ3) is 4.49. The second-order valence-electron chi connectivity index (χ2n) is 2.62. The number of hydrazine groups is 1. The molecule has 0 aliphatic heterocycles. The quantitative estimate of drug-likeness (QED) is 0.353. The standard InChI is InChI=1S/C10H12N2O2.ClH/c1-14-9-5-2-8(3-6-9)4-7-10(13)12-11;/h2-7H,11H2,1H3,(H,12,13);1H/b7-4-;. The van der Waals surface area contributed by atoms with Crippen LogP contribution >= 0.6 is 12.4 Å². The molecule has 0 radical (unpaired) electrons. The number of rotatable bonds is 3. The zero-order valence-electron chi connectivity index (χ0n) is 8.27. The highest BCUT2D eigenvalue weighted by molar-refractivity contribution is 5.91. The van der Waals surface area contributed by atoms with E-state index in [9.17, 15) is 4.79 Å². The molecular formula is C10H13ClN2O2. The second kappa shape index (κ2) is 6.86. The summed E-state index contributed by atoms with van der Waals surface area (Å²) in [4.78, 5) is 10.8. The first-order valence-electron chi connectivity index (χ1n) is 4.09. The summed E-state index contributed by atoms with van der Waals surface area (Å²) >= 11 is 0. The SMILES string of the molecule is COc1ccc(/C=C\C(=O)NN)cc1.Cl. The van der Waals surface area contributed by atoms with Gasteiger partial charge in [-0.3, -0.25) is 10.2 Å². The van der Waals surface area contributed by atoms with Crippen LogP contribution in [0, 0.1) is 0 Å². The maximum absolute atomic E-state index is 10.8. The number of benzene rings is 1. The molecule has 0 aliphatic rings. The van der Waals surface area contributed by atoms with Gasteiger partial charge >= 0.3 is 0 Å². The lowest BCUT2D eigenvalue weighted by atomic mass is 10.2. The minimum atomic E-state index is -0.333. The van der Waals surface area contributed by atoms with Gasteiger partial charge in [0, 0.05) is 6.08 Å². The Bertz CT molecular complexity index is 336. The highest BCUT2D eigenvalue weighted by Gasteiger charge is 1.91. The van der Waals surface area contributed by atoms with E-state index in [1.807, 2.05) is 29.7 Å². The van der Waals surface area contributed by atoms with Crippen molar-refractivity contribution in [1.29, 1.82) is 0 Å². The molecule has 0 aliphatic carbocycles. The van der Waals surface area contributed by atoms with Crippen LogP contribution in [-0.2, 0) is 4.79 Å². The molecule has 0 bridgehead atoms. The van der Waals surface area contributed by atoms with Crippen molar-refractivity contribution in [3.63, 3.8) is 0 Å². The molecule has 15 heavy (non-hydrogen) atoms. The number of amides is 1. The van der Waals surface area contributed by atoms with E-state index in [2.05, 4.69) is 0 Å². The molecule has 0 fully saturated rings. The Hall–Kier alpha value is -1.52. The molecule has 0 aromatic heterocycles. The Labute approximate surface area is 94.5 Å². The smallest absolute Gasteiger partial charge is 0.257 e. The maximum Gasteiger partial charge on any atom is 0.257 e. The van der Waals surface area contributed by atoms with Crippen molar-refractivity contribution in [1.82, 2.24) is 5.43 Å². The normalized spacial score (nSPS) is 9.47. The van der Waals surface area contributed by atoms with Crippen LogP contribution < -0.4 is 16.0 Å². The van der Waals surface area contributed by atoms with Gasteiger partial charge in [0.05, 0.1) is 7.11 Å². The third-order valence-corrected chi connectivity index (χ3v) is 1.69. The van der Waals surface area contributed by atoms with Crippen molar-refractivity contribution in [2.75, 3.05) is 7.11 Å². The van der Waals surface area contributed by atoms with Crippen molar-refractivity contribution in [2.45, 2.75) is 0 Å². The molecule has 5 heteroatoms. The molecule has 0 saturated carbocycles. The first-order valence-corrected chi connectivity index (χ1v) is 4.09. The van der Waals surface area contributed by atoms with Gasteiger partial charge in [-0.15, -0.1) is 12.4 Å². The zero-order chi connectivity index (χ0) is 10.4. The Morgan fingerprint density at radius 3 is 2.47 bits per heavy atom. The summed E-state index contributed by atoms with van der Waals surface area (Å²) in [6.07, 6.45) is 3.03. The topological polar surface area (TPSA) is 64.3 Å². The van der Waals surface area contributed by atoms with E-state index < -0.39 is 0 Å². The highest BCUT2D eigenvalue weighted by atomic mass is 35.5. The molecule has 1 rings (SSSR count). The van der Waals surface area contributed by atoms with Crippen LogP contribution in [0.1, 0.15) is 5.56 Å². The second-order valence-corrected chi connectivity index (χ2v) is 2.62. The van der Waals surface area contributed by atoms with E-state index in [-0.39, 0.29) is 18.3 Å². The van der Waals surface area contributed by atoms with Crippen molar-refractivity contribution in [2.24, 2.45) is 5.84 Å². The van der Waals surface area contributed by atoms with E-state index in [0.717, 1.165) is 11.3 Å². The van der Waals surface area contributed by atoms with E-state index in [1.54, 1.807) is 13.2 Å². The molecule has 0 heterocycles. The summed E-state index contributed by atoms with van der Waals surface area (Å²) in [6.45, 7) is 0. The van der Waals surface area contributed by atoms with Crippen LogP contribution in [0.2, 0.25) is 0 Å². The zero-order valence-corrected chi connectivity index (χ0v) is 9.08. The number of nitrogens with two attached hydrogens (primary N) is 1. The Morgan fingerprint density at radius 1 is 1.40 bits per heavy atom. The molecule has 0 unspecified atom stereocenters. The van der Waals surface area contributed by atoms with Crippen LogP contribution in [0.5, 0.6) is 5.75 Å². The van der Waals surface area contributed by atoms with Crippen molar-refractivity contribution < 1.29 is 9.53 Å². The van der Waals surface area contributed by atoms with Gasteiger partial charge in [0.25, 0.3) is 5.91 Å². The number of carbonyl (C=O) groups is 1. The van der Waals surface area contributed by atoms with Crippen molar-refractivity contribution >= 4 is 24.4 Å². The van der Waals surface area contributed by atoms with E-state index >= 15 is 0 Å². The summed E-state index contributed by atoms with van der Waals surface area (Å²) in [5.41, 5.74) is 2.92. The average Bonchev–Trinajstić information content (AvgIpc) is 2.26. The molecule has 4 nitrogen and oxygen atoms in total. The fraction of sp³-hybridized carbons (Fsp3) is 0.100. The highest BCUT2D eigenvalue weighted by Crippen LogP contribution is 2.11. The largest absolute Gasteiger partial charge is 0.497 e. The van der Waals surface area contributed by atoms with Crippen LogP contribution in [0.25, 0.3) is 6.08 Å². The molecule has 1 aromatic rings. The number of hydrogen-bond acceptors (Lipinski definition) is 3. The van der Waals surface area contributed by atoms with Gasteiger partial charge in [0.2, 0.25) is 0 Å². The number of carbonyl (C=O) groups excluding carboxylic acids is 1. The lowest BCUT2D eigenvalue weighted by Crippen LogP contribution is -2.27. The van der Waals surface area contributed by atoms with Crippen LogP contribution in [0.3, 0.4) is 0 Å². The summed E-state index contributed by atoms with van der Waals surface area (Å²) in [6, 6.07) is 7.33. The molecule has 1 amide bonds. The molecule has 0 saturated heterocycles. The number of halogens is 1. The molecule has 0 atom stereocenters. The third-order valence-electron chi connectivity index (χ3n) is 1.69. The monoisotopic (exact) mass is 228 g/mol. The fourth-order valence-electron chi connectivity index (χ4n) is 0.935. The van der Waals surface area contributed by atoms with Crippen molar-refractivity contribution in [3.8, 4) is 5.75 Å². The first kappa shape index (κ1) is 13.5. The Kier molecular flexibility index (Phi) is 6.17. The summed E-state index contributed by atoms with van der Waals surface area (Å²) in [5, 5.41) is 0. The number of ether oxygens (including phenoxy) is 1. The predicted molar refractivity (Wildman–Crippen MR) is 61.6 cm³/mol. The van der Waals surface area contributed by atoms with Gasteiger partial charge in [-0.2, -0.15) is 0 Å². The lowest BCUT2D eigenvalue weighted by molar-refractivity contribution is -0.116. The molecule has 0 spiro atoms. The first-order chi connectivity index (χ1) is 6.76. The van der Waals surface area contributed by atoms with Gasteiger partial charge in [-0.25, -0.2) is 5.84 Å². The molecular weight excluding hydrogens is 216 g/mol. The fourth-order valence-corrected chi connectivity index (χ4v) is 0.935. The minimum absolute atomic E-state index is 0. The summed E-state index contributed by atoms with van der Waals surface area (Å²) < 4.78 is 4.99. The van der Waals surface area contributed by atoms with E-state index in [0.29, 0.717) is 0 Å². The number of hydrogen-bond donors (Lipinski definition) is 2. The van der Waals surface area contributed by atoms with Crippen molar-refractivity contribution in [3.05, 3.63) is 35.9 Å². The molecule has 3 N–H and O–H groups in total. The van der Waals surface area contributed by atoms with Gasteiger partial charge in [-0.05, 0) is 23.8 Å². The summed E-state index contributed by atoms with van der Waals surface area (Å²) in [7, 11) is 1.60. The van der Waals surface area contributed by atoms with Gasteiger partial charge in [0.1, 0.15) is 5.75 Å². The van der Waals surface area contributed by atoms with Gasteiger partial charge in [-0.1, -0.05) is 12.1 Å². The van der Waals surface area contributed by atoms with Crippen LogP contribution in [0.4, 0.5) is 0 Å². The van der Waals surface area contributed by atoms with E-state index in [1.165, 1.54) is 6.08 Å². The predicted octanol–water partition coefficient (Wildman–Crippen LogP) is 1.12. The molecule has 82 valence electrons. The van der Waals surface area contributed by atoms with Gasteiger partial charge in [0.15, 0.2) is 0 Å². The Morgan fingerprint density at radius 2 is 2.00 bits per heavy atom. The lowest BCUT2D eigenvalue weighted by Gasteiger charge is -1.98. The molecule has 1 aromatic carbocycles. The van der Waals surface area contributed by atoms with E-state index in [4.69, 9.17) is 10.6 Å². The average molecular weight is 229 g/mol. The summed E-state index contributed by atoms with van der Waals surface area (Å²) in [5.74, 6) is 5.36. The van der Waals surface area contributed by atoms with Crippen LogP contribution in [0.15, 0.2) is 30.3 Å². The number of methoxy groups -OCH3 is 1. The maximum atomic E-state index is 10.8. The van der Waals surface area contributed by atoms with Crippen LogP contribution in [-0.4, -0.2) is 13.0 Å². The number of nitrogens with one attached hydrogen (secondary N) is 1. The Balaban J connectivity index is 0.00000196.